The van der Waals surface area contributed by atoms with Crippen LogP contribution >= 0.6 is 0 Å². The fraction of sp³-hybridized carbons (Fsp3) is 0.278. The summed E-state index contributed by atoms with van der Waals surface area (Å²) in [4.78, 5) is 2.21. The standard InChI is InChI=1S/C18H20N2O3S/c1-20(12-15-5-3-14(11-19)4-6-15)13-18(21)16-7-9-17(10-8-16)24(2,22)23/h3-10,18,21H,12-13H2,1-2H3. The lowest BCUT2D eigenvalue weighted by Crippen LogP contribution is -2.24. The van der Waals surface area contributed by atoms with E-state index in [-0.39, 0.29) is 4.90 Å². The van der Waals surface area contributed by atoms with Gasteiger partial charge in [0.1, 0.15) is 0 Å². The molecule has 0 aliphatic carbocycles. The van der Waals surface area contributed by atoms with Gasteiger partial charge in [-0.15, -0.1) is 0 Å². The second-order valence-electron chi connectivity index (χ2n) is 5.86. The van der Waals surface area contributed by atoms with Crippen molar-refractivity contribution in [2.24, 2.45) is 0 Å². The molecule has 0 aliphatic rings. The summed E-state index contributed by atoms with van der Waals surface area (Å²) in [7, 11) is -1.33. The van der Waals surface area contributed by atoms with E-state index in [1.165, 1.54) is 12.1 Å². The number of likely N-dealkylation sites (N-methyl/N-ethyl adjacent to an activating group) is 1. The molecule has 126 valence electrons. The molecule has 6 heteroatoms. The molecule has 0 spiro atoms. The predicted octanol–water partition coefficient (Wildman–Crippen LogP) is 2.13. The van der Waals surface area contributed by atoms with Crippen molar-refractivity contribution in [3.8, 4) is 6.07 Å². The molecule has 1 atom stereocenters. The molecule has 0 aromatic heterocycles. The molecule has 0 saturated carbocycles. The van der Waals surface area contributed by atoms with Crippen LogP contribution in [0.5, 0.6) is 0 Å². The van der Waals surface area contributed by atoms with Crippen LogP contribution in [0.2, 0.25) is 0 Å². The SMILES string of the molecule is CN(Cc1ccc(C#N)cc1)CC(O)c1ccc(S(C)(=O)=O)cc1. The summed E-state index contributed by atoms with van der Waals surface area (Å²) < 4.78 is 22.9. The number of nitriles is 1. The number of aliphatic hydroxyl groups excluding tert-OH is 1. The summed E-state index contributed by atoms with van der Waals surface area (Å²) in [5.41, 5.74) is 2.35. The molecular weight excluding hydrogens is 324 g/mol. The Morgan fingerprint density at radius 2 is 1.71 bits per heavy atom. The predicted molar refractivity (Wildman–Crippen MR) is 92.0 cm³/mol. The van der Waals surface area contributed by atoms with Crippen LogP contribution in [-0.2, 0) is 16.4 Å². The second kappa shape index (κ2) is 7.58. The monoisotopic (exact) mass is 344 g/mol. The van der Waals surface area contributed by atoms with Crippen molar-refractivity contribution < 1.29 is 13.5 Å². The molecule has 2 aromatic rings. The van der Waals surface area contributed by atoms with Gasteiger partial charge in [0, 0.05) is 19.3 Å². The summed E-state index contributed by atoms with van der Waals surface area (Å²) in [6, 6.07) is 15.7. The van der Waals surface area contributed by atoms with Gasteiger partial charge in [-0.3, -0.25) is 4.90 Å². The van der Waals surface area contributed by atoms with Crippen LogP contribution < -0.4 is 0 Å². The van der Waals surface area contributed by atoms with Gasteiger partial charge in [0.15, 0.2) is 9.84 Å². The average Bonchev–Trinajstić information content (AvgIpc) is 2.54. The molecule has 2 aromatic carbocycles. The van der Waals surface area contributed by atoms with Crippen molar-refractivity contribution in [1.29, 1.82) is 5.26 Å². The van der Waals surface area contributed by atoms with Crippen LogP contribution in [0.4, 0.5) is 0 Å². The molecule has 2 rings (SSSR count). The molecule has 0 amide bonds. The number of sulfone groups is 1. The first-order valence-electron chi connectivity index (χ1n) is 7.45. The lowest BCUT2D eigenvalue weighted by Gasteiger charge is -2.21. The van der Waals surface area contributed by atoms with Gasteiger partial charge >= 0.3 is 0 Å². The Morgan fingerprint density at radius 3 is 2.21 bits per heavy atom. The zero-order valence-corrected chi connectivity index (χ0v) is 14.5. The molecule has 0 bridgehead atoms. The number of rotatable bonds is 6. The van der Waals surface area contributed by atoms with E-state index in [0.717, 1.165) is 11.8 Å². The Balaban J connectivity index is 1.97. The molecule has 1 N–H and O–H groups in total. The van der Waals surface area contributed by atoms with Crippen LogP contribution in [0.15, 0.2) is 53.4 Å². The third-order valence-electron chi connectivity index (χ3n) is 3.71. The minimum absolute atomic E-state index is 0.240. The molecule has 0 aliphatic heterocycles. The van der Waals surface area contributed by atoms with Crippen LogP contribution in [0.3, 0.4) is 0 Å². The van der Waals surface area contributed by atoms with E-state index in [2.05, 4.69) is 6.07 Å². The fourth-order valence-electron chi connectivity index (χ4n) is 2.40. The second-order valence-corrected chi connectivity index (χ2v) is 7.88. The third kappa shape index (κ3) is 4.90. The van der Waals surface area contributed by atoms with Crippen molar-refractivity contribution in [3.63, 3.8) is 0 Å². The highest BCUT2D eigenvalue weighted by molar-refractivity contribution is 7.90. The summed E-state index contributed by atoms with van der Waals surface area (Å²) in [5, 5.41) is 19.1. The molecular formula is C18H20N2O3S. The minimum Gasteiger partial charge on any atom is -0.387 e. The number of nitrogens with zero attached hydrogens (tertiary/aromatic N) is 2. The van der Waals surface area contributed by atoms with E-state index in [4.69, 9.17) is 5.26 Å². The van der Waals surface area contributed by atoms with Gasteiger partial charge in [0.25, 0.3) is 0 Å². The Morgan fingerprint density at radius 1 is 1.12 bits per heavy atom. The van der Waals surface area contributed by atoms with E-state index in [1.54, 1.807) is 24.3 Å². The van der Waals surface area contributed by atoms with Crippen molar-refractivity contribution in [3.05, 3.63) is 65.2 Å². The molecule has 0 fully saturated rings. The minimum atomic E-state index is -3.23. The summed E-state index contributed by atoms with van der Waals surface area (Å²) >= 11 is 0. The Labute approximate surface area is 142 Å². The molecule has 0 radical (unpaired) electrons. The molecule has 0 heterocycles. The molecule has 24 heavy (non-hydrogen) atoms. The van der Waals surface area contributed by atoms with E-state index >= 15 is 0 Å². The smallest absolute Gasteiger partial charge is 0.175 e. The van der Waals surface area contributed by atoms with Gasteiger partial charge < -0.3 is 5.11 Å². The lowest BCUT2D eigenvalue weighted by molar-refractivity contribution is 0.124. The van der Waals surface area contributed by atoms with Gasteiger partial charge in [0.05, 0.1) is 22.6 Å². The molecule has 0 saturated heterocycles. The summed E-state index contributed by atoms with van der Waals surface area (Å²) in [6.45, 7) is 1.06. The van der Waals surface area contributed by atoms with Gasteiger partial charge in [-0.1, -0.05) is 24.3 Å². The normalized spacial score (nSPS) is 12.8. The Kier molecular flexibility index (Phi) is 5.73. The maximum atomic E-state index is 11.4. The average molecular weight is 344 g/mol. The maximum absolute atomic E-state index is 11.4. The van der Waals surface area contributed by atoms with Crippen LogP contribution in [0.25, 0.3) is 0 Å². The van der Waals surface area contributed by atoms with Crippen molar-refractivity contribution in [2.75, 3.05) is 19.8 Å². The van der Waals surface area contributed by atoms with E-state index < -0.39 is 15.9 Å². The third-order valence-corrected chi connectivity index (χ3v) is 4.84. The van der Waals surface area contributed by atoms with Gasteiger partial charge in [-0.2, -0.15) is 5.26 Å². The number of benzene rings is 2. The van der Waals surface area contributed by atoms with E-state index in [9.17, 15) is 13.5 Å². The number of hydrogen-bond donors (Lipinski definition) is 1. The number of hydrogen-bond acceptors (Lipinski definition) is 5. The Hall–Kier alpha value is -2.20. The Bertz CT molecular complexity index is 822. The van der Waals surface area contributed by atoms with Crippen LogP contribution in [0, 0.1) is 11.3 Å². The summed E-state index contributed by atoms with van der Waals surface area (Å²) in [5.74, 6) is 0. The highest BCUT2D eigenvalue weighted by Crippen LogP contribution is 2.18. The number of aliphatic hydroxyl groups is 1. The molecule has 1 unspecified atom stereocenters. The van der Waals surface area contributed by atoms with Crippen LogP contribution in [-0.4, -0.2) is 38.3 Å². The van der Waals surface area contributed by atoms with Crippen molar-refractivity contribution in [1.82, 2.24) is 4.90 Å². The largest absolute Gasteiger partial charge is 0.387 e. The maximum Gasteiger partial charge on any atom is 0.175 e. The van der Waals surface area contributed by atoms with Gasteiger partial charge in [0.2, 0.25) is 0 Å². The molecule has 5 nitrogen and oxygen atoms in total. The topological polar surface area (TPSA) is 81.4 Å². The first kappa shape index (κ1) is 18.1. The van der Waals surface area contributed by atoms with Gasteiger partial charge in [-0.05, 0) is 42.4 Å². The first-order valence-corrected chi connectivity index (χ1v) is 9.34. The lowest BCUT2D eigenvalue weighted by atomic mass is 10.1. The zero-order valence-electron chi connectivity index (χ0n) is 13.7. The quantitative estimate of drug-likeness (QED) is 0.868. The first-order chi connectivity index (χ1) is 11.3. The van der Waals surface area contributed by atoms with E-state index in [1.807, 2.05) is 24.1 Å². The fourth-order valence-corrected chi connectivity index (χ4v) is 3.03. The van der Waals surface area contributed by atoms with E-state index in [0.29, 0.717) is 24.2 Å². The van der Waals surface area contributed by atoms with Gasteiger partial charge in [-0.25, -0.2) is 8.42 Å². The van der Waals surface area contributed by atoms with Crippen molar-refractivity contribution >= 4 is 9.84 Å². The summed E-state index contributed by atoms with van der Waals surface area (Å²) in [6.07, 6.45) is 0.450. The highest BCUT2D eigenvalue weighted by Gasteiger charge is 2.13. The highest BCUT2D eigenvalue weighted by atomic mass is 32.2. The zero-order chi connectivity index (χ0) is 17.7. The van der Waals surface area contributed by atoms with Crippen molar-refractivity contribution in [2.45, 2.75) is 17.5 Å². The van der Waals surface area contributed by atoms with Crippen LogP contribution in [0.1, 0.15) is 22.8 Å².